The van der Waals surface area contributed by atoms with Crippen molar-refractivity contribution >= 4 is 10.9 Å². The molecular formula is C15H20N2O. The summed E-state index contributed by atoms with van der Waals surface area (Å²) >= 11 is 0. The molecule has 0 radical (unpaired) electrons. The number of ether oxygens (including phenoxy) is 1. The third kappa shape index (κ3) is 2.28. The van der Waals surface area contributed by atoms with Crippen LogP contribution in [-0.2, 0) is 18.3 Å². The summed E-state index contributed by atoms with van der Waals surface area (Å²) in [7, 11) is 2.11. The molecule has 0 bridgehead atoms. The highest BCUT2D eigenvalue weighted by atomic mass is 16.5. The maximum atomic E-state index is 5.39. The van der Waals surface area contributed by atoms with Gasteiger partial charge in [0.1, 0.15) is 0 Å². The van der Waals surface area contributed by atoms with E-state index in [1.54, 1.807) is 0 Å². The van der Waals surface area contributed by atoms with Gasteiger partial charge in [0, 0.05) is 43.8 Å². The van der Waals surface area contributed by atoms with Gasteiger partial charge in [-0.1, -0.05) is 18.2 Å². The van der Waals surface area contributed by atoms with Crippen molar-refractivity contribution in [3.63, 3.8) is 0 Å². The Kier molecular flexibility index (Phi) is 3.35. The molecular weight excluding hydrogens is 224 g/mol. The molecule has 1 aliphatic heterocycles. The van der Waals surface area contributed by atoms with E-state index in [0.29, 0.717) is 5.92 Å². The number of nitrogens with zero attached hydrogens (tertiary/aromatic N) is 1. The smallest absolute Gasteiger partial charge is 0.0507 e. The summed E-state index contributed by atoms with van der Waals surface area (Å²) in [6, 6.07) is 8.57. The molecule has 1 aromatic heterocycles. The number of para-hydroxylation sites is 1. The predicted molar refractivity (Wildman–Crippen MR) is 73.6 cm³/mol. The zero-order valence-corrected chi connectivity index (χ0v) is 10.9. The lowest BCUT2D eigenvalue weighted by Crippen LogP contribution is -2.22. The van der Waals surface area contributed by atoms with Crippen LogP contribution in [0.2, 0.25) is 0 Å². The zero-order chi connectivity index (χ0) is 12.4. The lowest BCUT2D eigenvalue weighted by Gasteiger charge is -2.08. The zero-order valence-electron chi connectivity index (χ0n) is 10.9. The molecule has 3 heteroatoms. The van der Waals surface area contributed by atoms with Gasteiger partial charge in [0.15, 0.2) is 0 Å². The van der Waals surface area contributed by atoms with Crippen LogP contribution in [0.1, 0.15) is 12.0 Å². The van der Waals surface area contributed by atoms with Crippen LogP contribution in [0, 0.1) is 5.92 Å². The molecule has 1 saturated heterocycles. The van der Waals surface area contributed by atoms with E-state index in [0.717, 1.165) is 26.3 Å². The van der Waals surface area contributed by atoms with E-state index in [4.69, 9.17) is 4.74 Å². The third-order valence-electron chi connectivity index (χ3n) is 3.75. The minimum Gasteiger partial charge on any atom is -0.381 e. The predicted octanol–water partition coefficient (Wildman–Crippen LogP) is 2.30. The van der Waals surface area contributed by atoms with Gasteiger partial charge >= 0.3 is 0 Å². The molecule has 18 heavy (non-hydrogen) atoms. The second-order valence-electron chi connectivity index (χ2n) is 5.14. The highest BCUT2D eigenvalue weighted by Crippen LogP contribution is 2.20. The van der Waals surface area contributed by atoms with Crippen LogP contribution in [0.5, 0.6) is 0 Å². The Bertz CT molecular complexity index is 526. The van der Waals surface area contributed by atoms with Crippen LogP contribution in [0.25, 0.3) is 10.9 Å². The monoisotopic (exact) mass is 244 g/mol. The summed E-state index contributed by atoms with van der Waals surface area (Å²) in [5, 5.41) is 4.91. The second kappa shape index (κ2) is 5.12. The lowest BCUT2D eigenvalue weighted by molar-refractivity contribution is 0.185. The first kappa shape index (κ1) is 11.8. The SMILES string of the molecule is Cn1cc(CNCC2CCOC2)c2ccccc21. The number of nitrogens with one attached hydrogen (secondary N) is 1. The molecule has 3 rings (SSSR count). The Morgan fingerprint density at radius 1 is 1.39 bits per heavy atom. The molecule has 1 N–H and O–H groups in total. The van der Waals surface area contributed by atoms with Gasteiger partial charge in [-0.3, -0.25) is 0 Å². The number of benzene rings is 1. The molecule has 0 aliphatic carbocycles. The van der Waals surface area contributed by atoms with Crippen molar-refractivity contribution in [1.29, 1.82) is 0 Å². The fourth-order valence-electron chi connectivity index (χ4n) is 2.72. The van der Waals surface area contributed by atoms with Crippen molar-refractivity contribution in [3.8, 4) is 0 Å². The van der Waals surface area contributed by atoms with Crippen molar-refractivity contribution in [2.45, 2.75) is 13.0 Å². The summed E-state index contributed by atoms with van der Waals surface area (Å²) < 4.78 is 7.59. The topological polar surface area (TPSA) is 26.2 Å². The minimum absolute atomic E-state index is 0.694. The number of aryl methyl sites for hydroxylation is 1. The fraction of sp³-hybridized carbons (Fsp3) is 0.467. The fourth-order valence-corrected chi connectivity index (χ4v) is 2.72. The van der Waals surface area contributed by atoms with Crippen LogP contribution in [-0.4, -0.2) is 24.3 Å². The molecule has 0 saturated carbocycles. The molecule has 96 valence electrons. The molecule has 1 atom stereocenters. The summed E-state index contributed by atoms with van der Waals surface area (Å²) in [6.45, 7) is 3.85. The first-order chi connectivity index (χ1) is 8.84. The normalized spacial score (nSPS) is 19.7. The second-order valence-corrected chi connectivity index (χ2v) is 5.14. The molecule has 2 heterocycles. The summed E-state index contributed by atoms with van der Waals surface area (Å²) in [4.78, 5) is 0. The molecule has 3 nitrogen and oxygen atoms in total. The van der Waals surface area contributed by atoms with Gasteiger partial charge in [0.25, 0.3) is 0 Å². The average Bonchev–Trinajstić information content (AvgIpc) is 3.00. The number of hydrogen-bond donors (Lipinski definition) is 1. The highest BCUT2D eigenvalue weighted by molar-refractivity contribution is 5.83. The summed E-state index contributed by atoms with van der Waals surface area (Å²) in [5.74, 6) is 0.694. The Hall–Kier alpha value is -1.32. The maximum absolute atomic E-state index is 5.39. The molecule has 1 unspecified atom stereocenters. The van der Waals surface area contributed by atoms with Crippen LogP contribution in [0.15, 0.2) is 30.5 Å². The molecule has 1 fully saturated rings. The molecule has 2 aromatic rings. The van der Waals surface area contributed by atoms with Gasteiger partial charge in [-0.05, 0) is 24.0 Å². The Labute approximate surface area is 108 Å². The largest absolute Gasteiger partial charge is 0.381 e. The average molecular weight is 244 g/mol. The Morgan fingerprint density at radius 2 is 2.28 bits per heavy atom. The van der Waals surface area contributed by atoms with Gasteiger partial charge in [-0.15, -0.1) is 0 Å². The Morgan fingerprint density at radius 3 is 3.11 bits per heavy atom. The van der Waals surface area contributed by atoms with E-state index < -0.39 is 0 Å². The maximum Gasteiger partial charge on any atom is 0.0507 e. The number of fused-ring (bicyclic) bond motifs is 1. The van der Waals surface area contributed by atoms with Crippen LogP contribution in [0.3, 0.4) is 0 Å². The third-order valence-corrected chi connectivity index (χ3v) is 3.75. The van der Waals surface area contributed by atoms with Crippen LogP contribution >= 0.6 is 0 Å². The van der Waals surface area contributed by atoms with E-state index in [9.17, 15) is 0 Å². The van der Waals surface area contributed by atoms with Gasteiger partial charge in [-0.25, -0.2) is 0 Å². The highest BCUT2D eigenvalue weighted by Gasteiger charge is 2.15. The van der Waals surface area contributed by atoms with Crippen molar-refractivity contribution in [2.75, 3.05) is 19.8 Å². The first-order valence-electron chi connectivity index (χ1n) is 6.66. The molecule has 1 aliphatic rings. The van der Waals surface area contributed by atoms with Gasteiger partial charge in [-0.2, -0.15) is 0 Å². The van der Waals surface area contributed by atoms with Crippen molar-refractivity contribution < 1.29 is 4.74 Å². The Balaban J connectivity index is 1.67. The van der Waals surface area contributed by atoms with Crippen molar-refractivity contribution in [1.82, 2.24) is 9.88 Å². The van der Waals surface area contributed by atoms with Gasteiger partial charge < -0.3 is 14.6 Å². The van der Waals surface area contributed by atoms with Gasteiger partial charge in [0.05, 0.1) is 6.61 Å². The van der Waals surface area contributed by atoms with E-state index in [1.165, 1.54) is 22.9 Å². The minimum atomic E-state index is 0.694. The standard InChI is InChI=1S/C15H20N2O/c1-17-10-13(14-4-2-3-5-15(14)17)9-16-8-12-6-7-18-11-12/h2-5,10,12,16H,6-9,11H2,1H3. The van der Waals surface area contributed by atoms with Crippen LogP contribution < -0.4 is 5.32 Å². The van der Waals surface area contributed by atoms with Crippen LogP contribution in [0.4, 0.5) is 0 Å². The summed E-state index contributed by atoms with van der Waals surface area (Å²) in [6.07, 6.45) is 3.42. The summed E-state index contributed by atoms with van der Waals surface area (Å²) in [5.41, 5.74) is 2.69. The lowest BCUT2D eigenvalue weighted by atomic mass is 10.1. The van der Waals surface area contributed by atoms with Gasteiger partial charge in [0.2, 0.25) is 0 Å². The number of hydrogen-bond acceptors (Lipinski definition) is 2. The first-order valence-corrected chi connectivity index (χ1v) is 6.66. The van der Waals surface area contributed by atoms with E-state index in [1.807, 2.05) is 0 Å². The van der Waals surface area contributed by atoms with E-state index >= 15 is 0 Å². The van der Waals surface area contributed by atoms with Crippen molar-refractivity contribution in [2.24, 2.45) is 13.0 Å². The molecule has 0 spiro atoms. The molecule has 1 aromatic carbocycles. The van der Waals surface area contributed by atoms with E-state index in [-0.39, 0.29) is 0 Å². The quantitative estimate of drug-likeness (QED) is 0.893. The van der Waals surface area contributed by atoms with Crippen molar-refractivity contribution in [3.05, 3.63) is 36.0 Å². The number of aromatic nitrogens is 1. The number of rotatable bonds is 4. The molecule has 0 amide bonds. The van der Waals surface area contributed by atoms with E-state index in [2.05, 4.69) is 47.4 Å².